The summed E-state index contributed by atoms with van der Waals surface area (Å²) in [6, 6.07) is 0. The molecule has 0 N–H and O–H groups in total. The van der Waals surface area contributed by atoms with Crippen molar-refractivity contribution in [2.45, 2.75) is 33.0 Å². The average molecular weight is 256 g/mol. The minimum absolute atomic E-state index is 0.0190. The number of hydrogen-bond donors (Lipinski definition) is 0. The van der Waals surface area contributed by atoms with Crippen molar-refractivity contribution in [3.63, 3.8) is 0 Å². The first-order chi connectivity index (χ1) is 8.42. The van der Waals surface area contributed by atoms with Gasteiger partial charge in [-0.3, -0.25) is 9.59 Å². The summed E-state index contributed by atoms with van der Waals surface area (Å²) in [4.78, 5) is 23.8. The van der Waals surface area contributed by atoms with Crippen molar-refractivity contribution in [2.24, 2.45) is 5.41 Å². The predicted molar refractivity (Wildman–Crippen MR) is 64.9 cm³/mol. The Kier molecular flexibility index (Phi) is 4.65. The van der Waals surface area contributed by atoms with Crippen LogP contribution in [0, 0.1) is 5.41 Å². The van der Waals surface area contributed by atoms with E-state index < -0.39 is 11.7 Å². The van der Waals surface area contributed by atoms with Crippen molar-refractivity contribution in [3.8, 4) is 0 Å². The molecule has 102 valence electrons. The van der Waals surface area contributed by atoms with Crippen molar-refractivity contribution in [1.82, 2.24) is 0 Å². The minimum Gasteiger partial charge on any atom is -0.468 e. The highest BCUT2D eigenvalue weighted by atomic mass is 16.7. The Morgan fingerprint density at radius 1 is 1.28 bits per heavy atom. The molecule has 0 saturated heterocycles. The van der Waals surface area contributed by atoms with Gasteiger partial charge in [-0.1, -0.05) is 0 Å². The Morgan fingerprint density at radius 3 is 2.28 bits per heavy atom. The molecule has 1 aliphatic rings. The third-order valence-electron chi connectivity index (χ3n) is 3.57. The molecule has 0 spiro atoms. The monoisotopic (exact) mass is 256 g/mol. The van der Waals surface area contributed by atoms with E-state index in [-0.39, 0.29) is 11.8 Å². The van der Waals surface area contributed by atoms with Gasteiger partial charge < -0.3 is 14.2 Å². The van der Waals surface area contributed by atoms with Gasteiger partial charge in [-0.15, -0.1) is 0 Å². The Labute approximate surface area is 107 Å². The van der Waals surface area contributed by atoms with E-state index in [4.69, 9.17) is 14.2 Å². The largest absolute Gasteiger partial charge is 0.468 e. The van der Waals surface area contributed by atoms with Gasteiger partial charge in [-0.25, -0.2) is 0 Å². The Bertz CT molecular complexity index is 381. The topological polar surface area (TPSA) is 61.8 Å². The van der Waals surface area contributed by atoms with Gasteiger partial charge in [0, 0.05) is 26.2 Å². The maximum Gasteiger partial charge on any atom is 0.315 e. The number of allylic oxidation sites excluding steroid dienone is 1. The van der Waals surface area contributed by atoms with Crippen LogP contribution in [0.15, 0.2) is 11.1 Å². The SMILES string of the molecule is COC(=O)C1(C)CCC(=O)C(C)=C1C(OC)OC. The molecule has 0 saturated carbocycles. The van der Waals surface area contributed by atoms with E-state index in [1.54, 1.807) is 13.8 Å². The van der Waals surface area contributed by atoms with Crippen LogP contribution in [0.3, 0.4) is 0 Å². The maximum absolute atomic E-state index is 12.0. The van der Waals surface area contributed by atoms with Crippen LogP contribution in [0.5, 0.6) is 0 Å². The molecule has 0 amide bonds. The molecule has 0 aromatic rings. The zero-order valence-electron chi connectivity index (χ0n) is 11.5. The quantitative estimate of drug-likeness (QED) is 0.563. The van der Waals surface area contributed by atoms with Gasteiger partial charge >= 0.3 is 5.97 Å². The van der Waals surface area contributed by atoms with Crippen LogP contribution in [0.1, 0.15) is 26.7 Å². The summed E-state index contributed by atoms with van der Waals surface area (Å²) in [6.45, 7) is 3.46. The van der Waals surface area contributed by atoms with Gasteiger partial charge in [-0.2, -0.15) is 0 Å². The molecule has 1 unspecified atom stereocenters. The molecule has 1 aliphatic carbocycles. The van der Waals surface area contributed by atoms with Crippen LogP contribution < -0.4 is 0 Å². The fraction of sp³-hybridized carbons (Fsp3) is 0.692. The second-order valence-corrected chi connectivity index (χ2v) is 4.59. The maximum atomic E-state index is 12.0. The number of hydrogen-bond acceptors (Lipinski definition) is 5. The summed E-state index contributed by atoms with van der Waals surface area (Å²) in [5.74, 6) is -0.353. The van der Waals surface area contributed by atoms with E-state index in [1.165, 1.54) is 21.3 Å². The van der Waals surface area contributed by atoms with Crippen LogP contribution >= 0.6 is 0 Å². The van der Waals surface area contributed by atoms with Crippen LogP contribution in [0.2, 0.25) is 0 Å². The highest BCUT2D eigenvalue weighted by molar-refractivity contribution is 5.99. The number of methoxy groups -OCH3 is 3. The van der Waals surface area contributed by atoms with E-state index in [0.29, 0.717) is 24.0 Å². The average Bonchev–Trinajstić information content (AvgIpc) is 2.38. The smallest absolute Gasteiger partial charge is 0.315 e. The summed E-state index contributed by atoms with van der Waals surface area (Å²) in [5, 5.41) is 0. The fourth-order valence-corrected chi connectivity index (χ4v) is 2.46. The number of esters is 1. The molecule has 0 aliphatic heterocycles. The molecule has 18 heavy (non-hydrogen) atoms. The Morgan fingerprint density at radius 2 is 1.83 bits per heavy atom. The first kappa shape index (κ1) is 14.9. The van der Waals surface area contributed by atoms with Crippen molar-refractivity contribution >= 4 is 11.8 Å². The van der Waals surface area contributed by atoms with E-state index in [2.05, 4.69) is 0 Å². The lowest BCUT2D eigenvalue weighted by molar-refractivity contribution is -0.155. The number of Topliss-reactive ketones (excluding diaryl/α,β-unsaturated/α-hetero) is 1. The van der Waals surface area contributed by atoms with Crippen LogP contribution in [0.25, 0.3) is 0 Å². The highest BCUT2D eigenvalue weighted by Crippen LogP contribution is 2.42. The van der Waals surface area contributed by atoms with Crippen LogP contribution in [-0.2, 0) is 23.8 Å². The van der Waals surface area contributed by atoms with Gasteiger partial charge in [-0.05, 0) is 25.8 Å². The summed E-state index contributed by atoms with van der Waals surface area (Å²) in [7, 11) is 4.29. The molecule has 5 nitrogen and oxygen atoms in total. The zero-order chi connectivity index (χ0) is 13.9. The van der Waals surface area contributed by atoms with Crippen molar-refractivity contribution in [1.29, 1.82) is 0 Å². The first-order valence-electron chi connectivity index (χ1n) is 5.80. The molecule has 1 rings (SSSR count). The molecule has 0 fully saturated rings. The van der Waals surface area contributed by atoms with Crippen molar-refractivity contribution in [2.75, 3.05) is 21.3 Å². The number of carbonyl (C=O) groups excluding carboxylic acids is 2. The van der Waals surface area contributed by atoms with Crippen LogP contribution in [-0.4, -0.2) is 39.4 Å². The number of ketones is 1. The predicted octanol–water partition coefficient (Wildman–Crippen LogP) is 1.46. The van der Waals surface area contributed by atoms with E-state index in [1.807, 2.05) is 0 Å². The third kappa shape index (κ3) is 2.33. The van der Waals surface area contributed by atoms with Crippen molar-refractivity contribution < 1.29 is 23.8 Å². The molecule has 1 atom stereocenters. The summed E-state index contributed by atoms with van der Waals surface area (Å²) >= 11 is 0. The van der Waals surface area contributed by atoms with Gasteiger partial charge in [0.25, 0.3) is 0 Å². The summed E-state index contributed by atoms with van der Waals surface area (Å²) in [5.41, 5.74) is 0.224. The first-order valence-corrected chi connectivity index (χ1v) is 5.80. The Balaban J connectivity index is 3.34. The van der Waals surface area contributed by atoms with Gasteiger partial charge in [0.05, 0.1) is 12.5 Å². The zero-order valence-corrected chi connectivity index (χ0v) is 11.5. The van der Waals surface area contributed by atoms with Crippen LogP contribution in [0.4, 0.5) is 0 Å². The minimum atomic E-state index is -0.872. The number of ether oxygens (including phenoxy) is 3. The molecule has 0 bridgehead atoms. The molecule has 5 heteroatoms. The molecular weight excluding hydrogens is 236 g/mol. The van der Waals surface area contributed by atoms with E-state index >= 15 is 0 Å². The second-order valence-electron chi connectivity index (χ2n) is 4.59. The standard InChI is InChI=1S/C13H20O5/c1-8-9(14)6-7-13(2,12(15)18-5)10(8)11(16-3)17-4/h11H,6-7H2,1-5H3. The molecular formula is C13H20O5. The summed E-state index contributed by atoms with van der Waals surface area (Å²) < 4.78 is 15.3. The normalized spacial score (nSPS) is 24.7. The lowest BCUT2D eigenvalue weighted by Gasteiger charge is -2.37. The Hall–Kier alpha value is -1.20. The summed E-state index contributed by atoms with van der Waals surface area (Å²) in [6.07, 6.45) is 0.0357. The van der Waals surface area contributed by atoms with Gasteiger partial charge in [0.1, 0.15) is 0 Å². The van der Waals surface area contributed by atoms with E-state index in [9.17, 15) is 9.59 Å². The molecule has 0 radical (unpaired) electrons. The van der Waals surface area contributed by atoms with Gasteiger partial charge in [0.15, 0.2) is 12.1 Å². The highest BCUT2D eigenvalue weighted by Gasteiger charge is 2.46. The fourth-order valence-electron chi connectivity index (χ4n) is 2.46. The molecule has 0 aromatic heterocycles. The number of rotatable bonds is 4. The second kappa shape index (κ2) is 5.63. The van der Waals surface area contributed by atoms with Crippen molar-refractivity contribution in [3.05, 3.63) is 11.1 Å². The lowest BCUT2D eigenvalue weighted by atomic mass is 9.70. The molecule has 0 heterocycles. The lowest BCUT2D eigenvalue weighted by Crippen LogP contribution is -2.42. The third-order valence-corrected chi connectivity index (χ3v) is 3.57. The van der Waals surface area contributed by atoms with Gasteiger partial charge in [0.2, 0.25) is 0 Å². The number of carbonyl (C=O) groups is 2. The van der Waals surface area contributed by atoms with E-state index in [0.717, 1.165) is 0 Å². The molecule has 0 aromatic carbocycles.